The summed E-state index contributed by atoms with van der Waals surface area (Å²) in [4.78, 5) is 91.0. The van der Waals surface area contributed by atoms with E-state index in [4.69, 9.17) is 0 Å². The Morgan fingerprint density at radius 3 is 2.27 bits per heavy atom. The zero-order valence-electron chi connectivity index (χ0n) is 28.6. The van der Waals surface area contributed by atoms with Crippen LogP contribution in [-0.4, -0.2) is 86.4 Å². The van der Waals surface area contributed by atoms with Gasteiger partial charge in [0.2, 0.25) is 23.5 Å². The molecular weight excluding hydrogens is 614 g/mol. The lowest BCUT2D eigenvalue weighted by atomic mass is 9.81. The summed E-state index contributed by atoms with van der Waals surface area (Å²) in [5.41, 5.74) is -0.634. The van der Waals surface area contributed by atoms with Gasteiger partial charge >= 0.3 is 0 Å². The molecule has 1 aromatic rings. The first kappa shape index (κ1) is 35.4. The second-order valence-corrected chi connectivity index (χ2v) is 15.1. The lowest BCUT2D eigenvalue weighted by Gasteiger charge is -2.41. The Morgan fingerprint density at radius 1 is 0.917 bits per heavy atom. The lowest BCUT2D eigenvalue weighted by molar-refractivity contribution is -0.149. The van der Waals surface area contributed by atoms with E-state index in [-0.39, 0.29) is 35.5 Å². The van der Waals surface area contributed by atoms with E-state index in [1.807, 2.05) is 27.7 Å². The SMILES string of the molecule is CCC[C@H](NC(=O)[C@@H]1[C@H]2CC[C@H](C2)N1C(=O)[C@@H](NC(=O)[C@@H](NC(=O)c1cnccn1)C1CCCCC1)C(C)(C)C)C(=O)C(=O)NC1CC1. The molecule has 1 aromatic heterocycles. The first-order chi connectivity index (χ1) is 22.9. The normalized spacial score (nSPS) is 24.2. The number of hydrogen-bond acceptors (Lipinski definition) is 8. The van der Waals surface area contributed by atoms with Crippen molar-refractivity contribution in [2.24, 2.45) is 17.3 Å². The van der Waals surface area contributed by atoms with Gasteiger partial charge in [-0.2, -0.15) is 0 Å². The van der Waals surface area contributed by atoms with Crippen molar-refractivity contribution in [3.8, 4) is 0 Å². The maximum Gasteiger partial charge on any atom is 0.289 e. The van der Waals surface area contributed by atoms with Gasteiger partial charge in [-0.3, -0.25) is 33.8 Å². The van der Waals surface area contributed by atoms with E-state index in [0.717, 1.165) is 57.8 Å². The average Bonchev–Trinajstić information content (AvgIpc) is 3.64. The summed E-state index contributed by atoms with van der Waals surface area (Å²) < 4.78 is 0. The van der Waals surface area contributed by atoms with Crippen LogP contribution in [0.25, 0.3) is 0 Å². The highest BCUT2D eigenvalue weighted by Crippen LogP contribution is 2.44. The summed E-state index contributed by atoms with van der Waals surface area (Å²) in [6.07, 6.45) is 13.4. The molecule has 0 spiro atoms. The Balaban J connectivity index is 1.34. The van der Waals surface area contributed by atoms with Crippen LogP contribution in [0.2, 0.25) is 0 Å². The Bertz CT molecular complexity index is 1370. The molecular formula is C35H51N7O6. The van der Waals surface area contributed by atoms with Crippen LogP contribution in [-0.2, 0) is 24.0 Å². The van der Waals surface area contributed by atoms with E-state index in [2.05, 4.69) is 31.2 Å². The summed E-state index contributed by atoms with van der Waals surface area (Å²) in [5, 5.41) is 11.4. The molecule has 3 aliphatic carbocycles. The lowest BCUT2D eigenvalue weighted by Crippen LogP contribution is -2.64. The third kappa shape index (κ3) is 8.20. The number of amides is 5. The van der Waals surface area contributed by atoms with Crippen molar-refractivity contribution in [1.82, 2.24) is 36.1 Å². The zero-order chi connectivity index (χ0) is 34.6. The fourth-order valence-corrected chi connectivity index (χ4v) is 7.63. The van der Waals surface area contributed by atoms with Gasteiger partial charge in [0, 0.05) is 24.5 Å². The molecule has 4 aliphatic rings. The number of carbonyl (C=O) groups excluding carboxylic acids is 6. The Labute approximate surface area is 282 Å². The van der Waals surface area contributed by atoms with E-state index in [0.29, 0.717) is 19.3 Å². The summed E-state index contributed by atoms with van der Waals surface area (Å²) in [5.74, 6) is -3.33. The molecule has 2 bridgehead atoms. The summed E-state index contributed by atoms with van der Waals surface area (Å²) in [6.45, 7) is 7.47. The van der Waals surface area contributed by atoms with Crippen molar-refractivity contribution >= 4 is 35.3 Å². The molecule has 6 atom stereocenters. The molecule has 13 heteroatoms. The zero-order valence-corrected chi connectivity index (χ0v) is 28.6. The minimum absolute atomic E-state index is 0.0145. The third-order valence-corrected chi connectivity index (χ3v) is 10.3. The van der Waals surface area contributed by atoms with Crippen LogP contribution in [0.15, 0.2) is 18.6 Å². The van der Waals surface area contributed by atoms with Gasteiger partial charge in [-0.25, -0.2) is 4.98 Å². The smallest absolute Gasteiger partial charge is 0.289 e. The number of carbonyl (C=O) groups is 6. The summed E-state index contributed by atoms with van der Waals surface area (Å²) in [6, 6.07) is -3.83. The number of rotatable bonds is 13. The number of Topliss-reactive ketones (excluding diaryl/α,β-unsaturated/α-hetero) is 1. The highest BCUT2D eigenvalue weighted by molar-refractivity contribution is 6.38. The van der Waals surface area contributed by atoms with Gasteiger partial charge in [0.1, 0.15) is 23.8 Å². The number of likely N-dealkylation sites (tertiary alicyclic amines) is 1. The van der Waals surface area contributed by atoms with Crippen LogP contribution in [0.1, 0.15) is 115 Å². The minimum atomic E-state index is -0.989. The second kappa shape index (κ2) is 15.1. The van der Waals surface area contributed by atoms with E-state index < -0.39 is 59.0 Å². The second-order valence-electron chi connectivity index (χ2n) is 15.1. The quantitative estimate of drug-likeness (QED) is 0.232. The fourth-order valence-electron chi connectivity index (χ4n) is 7.63. The molecule has 13 nitrogen and oxygen atoms in total. The van der Waals surface area contributed by atoms with Crippen molar-refractivity contribution in [2.75, 3.05) is 0 Å². The molecule has 4 N–H and O–H groups in total. The predicted octanol–water partition coefficient (Wildman–Crippen LogP) is 2.20. The summed E-state index contributed by atoms with van der Waals surface area (Å²) in [7, 11) is 0. The topological polar surface area (TPSA) is 180 Å². The minimum Gasteiger partial charge on any atom is -0.347 e. The van der Waals surface area contributed by atoms with Crippen molar-refractivity contribution in [2.45, 2.75) is 141 Å². The maximum absolute atomic E-state index is 14.6. The van der Waals surface area contributed by atoms with Gasteiger partial charge in [0.15, 0.2) is 0 Å². The van der Waals surface area contributed by atoms with Gasteiger partial charge in [-0.15, -0.1) is 0 Å². The van der Waals surface area contributed by atoms with Crippen molar-refractivity contribution in [1.29, 1.82) is 0 Å². The van der Waals surface area contributed by atoms with Gasteiger partial charge in [0.25, 0.3) is 11.8 Å². The van der Waals surface area contributed by atoms with Gasteiger partial charge in [-0.05, 0) is 68.6 Å². The molecule has 48 heavy (non-hydrogen) atoms. The highest BCUT2D eigenvalue weighted by atomic mass is 16.2. The third-order valence-electron chi connectivity index (χ3n) is 10.3. The van der Waals surface area contributed by atoms with E-state index >= 15 is 0 Å². The van der Waals surface area contributed by atoms with Crippen LogP contribution in [0.3, 0.4) is 0 Å². The van der Waals surface area contributed by atoms with E-state index in [1.165, 1.54) is 18.6 Å². The van der Waals surface area contributed by atoms with Crippen molar-refractivity contribution in [3.63, 3.8) is 0 Å². The van der Waals surface area contributed by atoms with Crippen molar-refractivity contribution < 1.29 is 28.8 Å². The molecule has 3 saturated carbocycles. The average molecular weight is 666 g/mol. The number of fused-ring (bicyclic) bond motifs is 2. The van der Waals surface area contributed by atoms with Gasteiger partial charge < -0.3 is 26.2 Å². The molecule has 5 amide bonds. The van der Waals surface area contributed by atoms with Crippen LogP contribution >= 0.6 is 0 Å². The molecule has 2 heterocycles. The van der Waals surface area contributed by atoms with Gasteiger partial charge in [0.05, 0.1) is 12.2 Å². The first-order valence-electron chi connectivity index (χ1n) is 17.7. The Hall–Kier alpha value is -3.90. The van der Waals surface area contributed by atoms with Gasteiger partial charge in [-0.1, -0.05) is 53.4 Å². The number of nitrogens with zero attached hydrogens (tertiary/aromatic N) is 3. The highest BCUT2D eigenvalue weighted by Gasteiger charge is 2.54. The van der Waals surface area contributed by atoms with Crippen molar-refractivity contribution in [3.05, 3.63) is 24.3 Å². The molecule has 1 saturated heterocycles. The first-order valence-corrected chi connectivity index (χ1v) is 17.7. The van der Waals surface area contributed by atoms with E-state index in [9.17, 15) is 28.8 Å². The van der Waals surface area contributed by atoms with E-state index in [1.54, 1.807) is 4.90 Å². The molecule has 262 valence electrons. The molecule has 0 aromatic carbocycles. The molecule has 1 aliphatic heterocycles. The fraction of sp³-hybridized carbons (Fsp3) is 0.714. The molecule has 0 unspecified atom stereocenters. The largest absolute Gasteiger partial charge is 0.347 e. The number of ketones is 1. The number of aromatic nitrogens is 2. The molecule has 0 radical (unpaired) electrons. The number of hydrogen-bond donors (Lipinski definition) is 4. The standard InChI is InChI=1S/C35H51N7O6/c1-5-9-24(28(43)33(47)38-22-13-14-22)39-32(46)27-21-12-15-23(18-21)42(27)34(48)29(35(2,3)4)41-31(45)26(20-10-7-6-8-11-20)40-30(44)25-19-36-16-17-37-25/h16-17,19-24,26-27,29H,5-15,18H2,1-4H3,(H,38,47)(H,39,46)(H,40,44)(H,41,45)/t21-,23+,24-,26-,27-,29+/m0/s1. The maximum atomic E-state index is 14.6. The van der Waals surface area contributed by atoms with Crippen LogP contribution in [0.4, 0.5) is 0 Å². The molecule has 4 fully saturated rings. The monoisotopic (exact) mass is 665 g/mol. The van der Waals surface area contributed by atoms with Crippen LogP contribution in [0, 0.1) is 17.3 Å². The van der Waals surface area contributed by atoms with Crippen LogP contribution in [0.5, 0.6) is 0 Å². The molecule has 5 rings (SSSR count). The number of nitrogens with one attached hydrogen (secondary N) is 4. The predicted molar refractivity (Wildman–Crippen MR) is 176 cm³/mol. The number of piperidine rings is 1. The van der Waals surface area contributed by atoms with Crippen LogP contribution < -0.4 is 21.3 Å². The Morgan fingerprint density at radius 2 is 1.65 bits per heavy atom. The summed E-state index contributed by atoms with van der Waals surface area (Å²) >= 11 is 0. The Kier molecular flexibility index (Phi) is 11.1.